The molecule has 0 radical (unpaired) electrons. The molecule has 6 nitrogen and oxygen atoms in total. The lowest BCUT2D eigenvalue weighted by atomic mass is 9.86. The number of aryl methyl sites for hydroxylation is 1. The largest absolute Gasteiger partial charge is 0.481 e. The predicted octanol–water partition coefficient (Wildman–Crippen LogP) is 2.14. The third-order valence-electron chi connectivity index (χ3n) is 5.02. The Bertz CT molecular complexity index is 728. The molecule has 25 heavy (non-hydrogen) atoms. The van der Waals surface area contributed by atoms with Crippen molar-refractivity contribution in [3.63, 3.8) is 0 Å². The zero-order valence-electron chi connectivity index (χ0n) is 14.8. The molecule has 1 aromatic heterocycles. The lowest BCUT2D eigenvalue weighted by Gasteiger charge is -2.18. The summed E-state index contributed by atoms with van der Waals surface area (Å²) in [6.07, 6.45) is 3.66. The highest BCUT2D eigenvalue weighted by Crippen LogP contribution is 2.35. The van der Waals surface area contributed by atoms with E-state index in [1.54, 1.807) is 13.4 Å². The third kappa shape index (κ3) is 3.91. The number of likely N-dealkylation sites (tertiary alicyclic amines) is 1. The van der Waals surface area contributed by atoms with Gasteiger partial charge in [0.15, 0.2) is 0 Å². The van der Waals surface area contributed by atoms with E-state index in [1.165, 1.54) is 0 Å². The monoisotopic (exact) mass is 343 g/mol. The Kier molecular flexibility index (Phi) is 5.50. The number of carboxylic acids is 1. The van der Waals surface area contributed by atoms with Gasteiger partial charge in [-0.2, -0.15) is 0 Å². The molecule has 1 aliphatic heterocycles. The predicted molar refractivity (Wildman–Crippen MR) is 94.4 cm³/mol. The van der Waals surface area contributed by atoms with Crippen molar-refractivity contribution in [1.29, 1.82) is 0 Å². The first kappa shape index (κ1) is 17.6. The Morgan fingerprint density at radius 3 is 2.88 bits per heavy atom. The molecule has 1 fully saturated rings. The molecular weight excluding hydrogens is 318 g/mol. The van der Waals surface area contributed by atoms with E-state index in [4.69, 9.17) is 4.74 Å². The Balaban J connectivity index is 1.76. The first-order valence-corrected chi connectivity index (χ1v) is 8.58. The highest BCUT2D eigenvalue weighted by atomic mass is 16.5. The van der Waals surface area contributed by atoms with Crippen LogP contribution in [0.1, 0.15) is 22.7 Å². The van der Waals surface area contributed by atoms with Gasteiger partial charge >= 0.3 is 5.97 Å². The van der Waals surface area contributed by atoms with Crippen molar-refractivity contribution < 1.29 is 14.6 Å². The molecule has 1 N–H and O–H groups in total. The van der Waals surface area contributed by atoms with Gasteiger partial charge in [-0.15, -0.1) is 0 Å². The van der Waals surface area contributed by atoms with E-state index in [9.17, 15) is 9.90 Å². The second-order valence-corrected chi connectivity index (χ2v) is 6.67. The molecule has 1 saturated heterocycles. The van der Waals surface area contributed by atoms with Crippen molar-refractivity contribution in [2.24, 2.45) is 5.92 Å². The van der Waals surface area contributed by atoms with Gasteiger partial charge in [0.1, 0.15) is 0 Å². The van der Waals surface area contributed by atoms with Crippen LogP contribution in [0.15, 0.2) is 36.8 Å². The molecule has 2 atom stereocenters. The number of hydrogen-bond donors (Lipinski definition) is 1. The molecule has 0 spiro atoms. The van der Waals surface area contributed by atoms with E-state index in [0.29, 0.717) is 19.7 Å². The maximum atomic E-state index is 11.8. The highest BCUT2D eigenvalue weighted by Gasteiger charge is 2.39. The smallest absolute Gasteiger partial charge is 0.308 e. The summed E-state index contributed by atoms with van der Waals surface area (Å²) in [6.45, 7) is 5.45. The molecule has 2 aromatic rings. The lowest BCUT2D eigenvalue weighted by Crippen LogP contribution is -2.24. The second kappa shape index (κ2) is 7.80. The fraction of sp³-hybridized carbons (Fsp3) is 0.474. The van der Waals surface area contributed by atoms with Gasteiger partial charge in [-0.25, -0.2) is 4.98 Å². The van der Waals surface area contributed by atoms with Gasteiger partial charge in [0, 0.05) is 45.4 Å². The van der Waals surface area contributed by atoms with Crippen molar-refractivity contribution >= 4 is 5.97 Å². The number of imidazole rings is 1. The molecule has 2 heterocycles. The summed E-state index contributed by atoms with van der Waals surface area (Å²) in [7, 11) is 1.68. The minimum Gasteiger partial charge on any atom is -0.481 e. The number of hydrogen-bond acceptors (Lipinski definition) is 4. The van der Waals surface area contributed by atoms with Gasteiger partial charge in [-0.1, -0.05) is 24.3 Å². The maximum absolute atomic E-state index is 11.8. The average Bonchev–Trinajstić information content (AvgIpc) is 3.21. The molecule has 0 bridgehead atoms. The minimum atomic E-state index is -0.719. The molecule has 1 aliphatic rings. The Hall–Kier alpha value is -2.18. The fourth-order valence-corrected chi connectivity index (χ4v) is 3.68. The van der Waals surface area contributed by atoms with Gasteiger partial charge in [0.2, 0.25) is 0 Å². The van der Waals surface area contributed by atoms with Gasteiger partial charge < -0.3 is 14.4 Å². The van der Waals surface area contributed by atoms with Crippen LogP contribution in [0.25, 0.3) is 0 Å². The second-order valence-electron chi connectivity index (χ2n) is 6.67. The first-order valence-electron chi connectivity index (χ1n) is 8.58. The standard InChI is InChI=1S/C19H25N3O3/c1-14-5-3-4-6-16(14)17-11-21(12-18(17)19(23)24)10-15-9-20-13-22(15)7-8-25-2/h3-6,9,13,17-18H,7-8,10-12H2,1-2H3,(H,23,24)/t17-,18+/m0/s1. The Morgan fingerprint density at radius 2 is 2.16 bits per heavy atom. The number of benzene rings is 1. The number of carbonyl (C=O) groups is 1. The summed E-state index contributed by atoms with van der Waals surface area (Å²) in [5.41, 5.74) is 3.39. The summed E-state index contributed by atoms with van der Waals surface area (Å²) < 4.78 is 7.21. The summed E-state index contributed by atoms with van der Waals surface area (Å²) in [6, 6.07) is 8.10. The van der Waals surface area contributed by atoms with E-state index in [2.05, 4.69) is 33.5 Å². The van der Waals surface area contributed by atoms with Crippen LogP contribution in [0.4, 0.5) is 0 Å². The zero-order chi connectivity index (χ0) is 17.8. The summed E-state index contributed by atoms with van der Waals surface area (Å²) in [4.78, 5) is 18.2. The van der Waals surface area contributed by atoms with Crippen LogP contribution >= 0.6 is 0 Å². The van der Waals surface area contributed by atoms with Gasteiger partial charge in [-0.3, -0.25) is 9.69 Å². The molecule has 0 aliphatic carbocycles. The number of carboxylic acid groups (broad SMARTS) is 1. The first-order chi connectivity index (χ1) is 12.1. The van der Waals surface area contributed by atoms with E-state index >= 15 is 0 Å². The molecule has 3 rings (SSSR count). The quantitative estimate of drug-likeness (QED) is 0.834. The van der Waals surface area contributed by atoms with E-state index in [-0.39, 0.29) is 11.8 Å². The van der Waals surface area contributed by atoms with Gasteiger partial charge in [0.05, 0.1) is 24.5 Å². The number of aliphatic carboxylic acids is 1. The van der Waals surface area contributed by atoms with Crippen molar-refractivity contribution in [1.82, 2.24) is 14.5 Å². The minimum absolute atomic E-state index is 0.0223. The highest BCUT2D eigenvalue weighted by molar-refractivity contribution is 5.72. The van der Waals surface area contributed by atoms with Crippen LogP contribution in [-0.4, -0.2) is 52.3 Å². The van der Waals surface area contributed by atoms with Crippen molar-refractivity contribution in [3.05, 3.63) is 53.6 Å². The van der Waals surface area contributed by atoms with E-state index < -0.39 is 5.97 Å². The van der Waals surface area contributed by atoms with Crippen molar-refractivity contribution in [2.45, 2.75) is 25.9 Å². The Labute approximate surface area is 148 Å². The normalized spacial score (nSPS) is 20.9. The van der Waals surface area contributed by atoms with Gasteiger partial charge in [0.25, 0.3) is 0 Å². The third-order valence-corrected chi connectivity index (χ3v) is 5.02. The van der Waals surface area contributed by atoms with E-state index in [1.807, 2.05) is 18.3 Å². The molecular formula is C19H25N3O3. The number of ether oxygens (including phenoxy) is 1. The molecule has 134 valence electrons. The molecule has 0 saturated carbocycles. The molecule has 6 heteroatoms. The Morgan fingerprint density at radius 1 is 1.36 bits per heavy atom. The number of nitrogens with zero attached hydrogens (tertiary/aromatic N) is 3. The number of aromatic nitrogens is 2. The van der Waals surface area contributed by atoms with Crippen LogP contribution in [0, 0.1) is 12.8 Å². The number of methoxy groups -OCH3 is 1. The van der Waals surface area contributed by atoms with Crippen LogP contribution < -0.4 is 0 Å². The van der Waals surface area contributed by atoms with E-state index in [0.717, 1.165) is 29.9 Å². The van der Waals surface area contributed by atoms with Gasteiger partial charge in [-0.05, 0) is 18.1 Å². The van der Waals surface area contributed by atoms with Crippen LogP contribution in [0.3, 0.4) is 0 Å². The SMILES string of the molecule is COCCn1cncc1CN1C[C@@H](C(=O)O)[C@H](c2ccccc2C)C1. The van der Waals surface area contributed by atoms with Crippen LogP contribution in [0.5, 0.6) is 0 Å². The number of rotatable bonds is 7. The lowest BCUT2D eigenvalue weighted by molar-refractivity contribution is -0.141. The fourth-order valence-electron chi connectivity index (χ4n) is 3.68. The molecule has 1 aromatic carbocycles. The van der Waals surface area contributed by atoms with Crippen LogP contribution in [-0.2, 0) is 22.6 Å². The van der Waals surface area contributed by atoms with Crippen LogP contribution in [0.2, 0.25) is 0 Å². The summed E-state index contributed by atoms with van der Waals surface area (Å²) in [5, 5.41) is 9.69. The topological polar surface area (TPSA) is 67.6 Å². The zero-order valence-corrected chi connectivity index (χ0v) is 14.8. The van der Waals surface area contributed by atoms with Crippen molar-refractivity contribution in [3.8, 4) is 0 Å². The average molecular weight is 343 g/mol. The van der Waals surface area contributed by atoms with Crippen molar-refractivity contribution in [2.75, 3.05) is 26.8 Å². The molecule has 0 amide bonds. The maximum Gasteiger partial charge on any atom is 0.308 e. The summed E-state index contributed by atoms with van der Waals surface area (Å²) >= 11 is 0. The molecule has 0 unspecified atom stereocenters. The summed E-state index contributed by atoms with van der Waals surface area (Å²) in [5.74, 6) is -1.07.